The normalized spacial score (nSPS) is 15.7. The molecule has 1 aliphatic carbocycles. The van der Waals surface area contributed by atoms with Gasteiger partial charge >= 0.3 is 0 Å². The van der Waals surface area contributed by atoms with Gasteiger partial charge in [0, 0.05) is 28.8 Å². The van der Waals surface area contributed by atoms with Gasteiger partial charge in [-0.05, 0) is 56.0 Å². The van der Waals surface area contributed by atoms with E-state index in [9.17, 15) is 4.79 Å². The second-order valence-electron chi connectivity index (χ2n) is 8.04. The summed E-state index contributed by atoms with van der Waals surface area (Å²) < 4.78 is 8.38. The van der Waals surface area contributed by atoms with Crippen molar-refractivity contribution in [2.75, 3.05) is 36.5 Å². The number of hydrogen-bond acceptors (Lipinski definition) is 4. The Labute approximate surface area is 190 Å². The predicted molar refractivity (Wildman–Crippen MR) is 125 cm³/mol. The number of rotatable bonds is 4. The largest absolute Gasteiger partial charge is 0.378 e. The summed E-state index contributed by atoms with van der Waals surface area (Å²) in [5.41, 5.74) is 6.74. The number of nitrogens with one attached hydrogen (secondary N) is 1. The van der Waals surface area contributed by atoms with E-state index in [2.05, 4.69) is 45.2 Å². The molecule has 1 amide bonds. The van der Waals surface area contributed by atoms with Gasteiger partial charge in [-0.1, -0.05) is 34.1 Å². The second-order valence-corrected chi connectivity index (χ2v) is 8.96. The van der Waals surface area contributed by atoms with Crippen LogP contribution in [0.1, 0.15) is 33.7 Å². The lowest BCUT2D eigenvalue weighted by Gasteiger charge is -2.30. The van der Waals surface area contributed by atoms with Gasteiger partial charge in [0.25, 0.3) is 5.91 Å². The highest BCUT2D eigenvalue weighted by molar-refractivity contribution is 9.10. The molecule has 0 saturated carbocycles. The average molecular weight is 481 g/mol. The molecule has 2 aromatic carbocycles. The fourth-order valence-corrected chi connectivity index (χ4v) is 4.85. The van der Waals surface area contributed by atoms with E-state index in [4.69, 9.17) is 9.84 Å². The summed E-state index contributed by atoms with van der Waals surface area (Å²) >= 11 is 3.54. The third-order valence-electron chi connectivity index (χ3n) is 6.05. The number of carbonyl (C=O) groups excluding carboxylic acids is 1. The molecular weight excluding hydrogens is 456 g/mol. The highest BCUT2D eigenvalue weighted by atomic mass is 79.9. The Kier molecular flexibility index (Phi) is 5.54. The number of benzene rings is 2. The van der Waals surface area contributed by atoms with Gasteiger partial charge in [-0.2, -0.15) is 5.10 Å². The molecule has 0 spiro atoms. The second kappa shape index (κ2) is 8.48. The zero-order valence-corrected chi connectivity index (χ0v) is 19.1. The van der Waals surface area contributed by atoms with Crippen molar-refractivity contribution in [3.8, 4) is 5.69 Å². The van der Waals surface area contributed by atoms with Crippen LogP contribution in [0.15, 0.2) is 46.9 Å². The number of amides is 1. The smallest absolute Gasteiger partial charge is 0.276 e. The first-order valence-corrected chi connectivity index (χ1v) is 11.5. The molecule has 6 nitrogen and oxygen atoms in total. The van der Waals surface area contributed by atoms with Crippen LogP contribution in [0.4, 0.5) is 11.4 Å². The molecule has 2 heterocycles. The van der Waals surface area contributed by atoms with E-state index in [1.807, 2.05) is 35.0 Å². The number of nitrogens with zero attached hydrogens (tertiary/aromatic N) is 3. The highest BCUT2D eigenvalue weighted by Crippen LogP contribution is 2.33. The van der Waals surface area contributed by atoms with Gasteiger partial charge in [0.1, 0.15) is 0 Å². The number of carbonyl (C=O) groups is 1. The zero-order valence-electron chi connectivity index (χ0n) is 17.5. The van der Waals surface area contributed by atoms with Gasteiger partial charge in [0.2, 0.25) is 0 Å². The third-order valence-corrected chi connectivity index (χ3v) is 6.54. The molecule has 7 heteroatoms. The molecule has 2 aliphatic rings. The van der Waals surface area contributed by atoms with Crippen molar-refractivity contribution >= 4 is 33.2 Å². The Bertz CT molecular complexity index is 1130. The molecule has 5 rings (SSSR count). The maximum absolute atomic E-state index is 13.4. The van der Waals surface area contributed by atoms with E-state index in [1.165, 1.54) is 0 Å². The van der Waals surface area contributed by atoms with Crippen molar-refractivity contribution in [1.82, 2.24) is 9.78 Å². The molecule has 1 aliphatic heterocycles. The Balaban J connectivity index is 1.49. The van der Waals surface area contributed by atoms with Crippen molar-refractivity contribution in [2.24, 2.45) is 0 Å². The number of aryl methyl sites for hydroxylation is 1. The minimum atomic E-state index is -0.155. The lowest BCUT2D eigenvalue weighted by atomic mass is 10.1. The zero-order chi connectivity index (χ0) is 21.4. The third kappa shape index (κ3) is 3.88. The standard InChI is InChI=1S/C24H25BrN4O2/c1-16-5-2-3-7-20(16)29-21-8-4-6-18(21)23(27-29)24(30)26-19-15-17(25)9-10-22(19)28-11-13-31-14-12-28/h2-3,5,7,9-10,15H,4,6,8,11-14H2,1H3,(H,26,30). The molecule has 0 radical (unpaired) electrons. The lowest BCUT2D eigenvalue weighted by molar-refractivity contribution is 0.102. The van der Waals surface area contributed by atoms with Crippen LogP contribution >= 0.6 is 15.9 Å². The van der Waals surface area contributed by atoms with E-state index in [-0.39, 0.29) is 5.91 Å². The first kappa shape index (κ1) is 20.3. The Morgan fingerprint density at radius 3 is 2.71 bits per heavy atom. The molecule has 3 aromatic rings. The topological polar surface area (TPSA) is 59.4 Å². The predicted octanol–water partition coefficient (Wildman–Crippen LogP) is 4.52. The van der Waals surface area contributed by atoms with Crippen LogP contribution in [-0.4, -0.2) is 42.0 Å². The minimum absolute atomic E-state index is 0.155. The van der Waals surface area contributed by atoms with Crippen molar-refractivity contribution < 1.29 is 9.53 Å². The molecule has 0 unspecified atom stereocenters. The van der Waals surface area contributed by atoms with E-state index in [0.717, 1.165) is 70.7 Å². The van der Waals surface area contributed by atoms with E-state index >= 15 is 0 Å². The van der Waals surface area contributed by atoms with Gasteiger partial charge in [0.05, 0.1) is 30.3 Å². The molecule has 0 bridgehead atoms. The van der Waals surface area contributed by atoms with Crippen molar-refractivity contribution in [1.29, 1.82) is 0 Å². The van der Waals surface area contributed by atoms with Crippen LogP contribution in [-0.2, 0) is 17.6 Å². The fourth-order valence-electron chi connectivity index (χ4n) is 4.49. The maximum atomic E-state index is 13.4. The van der Waals surface area contributed by atoms with Crippen LogP contribution in [0.3, 0.4) is 0 Å². The molecule has 1 saturated heterocycles. The molecule has 1 N–H and O–H groups in total. The molecule has 1 fully saturated rings. The molecule has 0 atom stereocenters. The van der Waals surface area contributed by atoms with Crippen LogP contribution in [0, 0.1) is 6.92 Å². The number of aromatic nitrogens is 2. The van der Waals surface area contributed by atoms with E-state index in [1.54, 1.807) is 0 Å². The molecule has 160 valence electrons. The van der Waals surface area contributed by atoms with Crippen LogP contribution < -0.4 is 10.2 Å². The SMILES string of the molecule is Cc1ccccc1-n1nc(C(=O)Nc2cc(Br)ccc2N2CCOCC2)c2c1CCC2. The Hall–Kier alpha value is -2.64. The van der Waals surface area contributed by atoms with Crippen molar-refractivity contribution in [3.63, 3.8) is 0 Å². The monoisotopic (exact) mass is 480 g/mol. The van der Waals surface area contributed by atoms with Gasteiger partial charge in [0.15, 0.2) is 5.69 Å². The first-order valence-electron chi connectivity index (χ1n) is 10.7. The Morgan fingerprint density at radius 1 is 1.10 bits per heavy atom. The van der Waals surface area contributed by atoms with E-state index < -0.39 is 0 Å². The summed E-state index contributed by atoms with van der Waals surface area (Å²) in [6.07, 6.45) is 2.88. The summed E-state index contributed by atoms with van der Waals surface area (Å²) in [6, 6.07) is 14.2. The summed E-state index contributed by atoms with van der Waals surface area (Å²) in [7, 11) is 0. The summed E-state index contributed by atoms with van der Waals surface area (Å²) in [5.74, 6) is -0.155. The quantitative estimate of drug-likeness (QED) is 0.596. The number of halogens is 1. The van der Waals surface area contributed by atoms with E-state index in [0.29, 0.717) is 18.9 Å². The van der Waals surface area contributed by atoms with Gasteiger partial charge < -0.3 is 15.0 Å². The number of morpholine rings is 1. The van der Waals surface area contributed by atoms with Gasteiger partial charge in [-0.25, -0.2) is 4.68 Å². The summed E-state index contributed by atoms with van der Waals surface area (Å²) in [6.45, 7) is 5.08. The number of para-hydroxylation sites is 1. The average Bonchev–Trinajstić information content (AvgIpc) is 3.38. The van der Waals surface area contributed by atoms with Crippen LogP contribution in [0.5, 0.6) is 0 Å². The molecular formula is C24H25BrN4O2. The van der Waals surface area contributed by atoms with Crippen LogP contribution in [0.2, 0.25) is 0 Å². The first-order chi connectivity index (χ1) is 15.1. The van der Waals surface area contributed by atoms with Gasteiger partial charge in [-0.3, -0.25) is 4.79 Å². The maximum Gasteiger partial charge on any atom is 0.276 e. The number of ether oxygens (including phenoxy) is 1. The summed E-state index contributed by atoms with van der Waals surface area (Å²) in [5, 5.41) is 7.93. The number of hydrogen-bond donors (Lipinski definition) is 1. The number of fused-ring (bicyclic) bond motifs is 1. The summed E-state index contributed by atoms with van der Waals surface area (Å²) in [4.78, 5) is 15.7. The van der Waals surface area contributed by atoms with Crippen LogP contribution in [0.25, 0.3) is 5.69 Å². The molecule has 1 aromatic heterocycles. The van der Waals surface area contributed by atoms with Gasteiger partial charge in [-0.15, -0.1) is 0 Å². The fraction of sp³-hybridized carbons (Fsp3) is 0.333. The number of anilines is 2. The van der Waals surface area contributed by atoms with Crippen molar-refractivity contribution in [2.45, 2.75) is 26.2 Å². The lowest BCUT2D eigenvalue weighted by Crippen LogP contribution is -2.36. The Morgan fingerprint density at radius 2 is 1.90 bits per heavy atom. The minimum Gasteiger partial charge on any atom is -0.378 e. The van der Waals surface area contributed by atoms with Crippen molar-refractivity contribution in [3.05, 3.63) is 69.5 Å². The molecule has 31 heavy (non-hydrogen) atoms. The highest BCUT2D eigenvalue weighted by Gasteiger charge is 2.28.